The van der Waals surface area contributed by atoms with E-state index in [1.807, 2.05) is 18.2 Å². The Labute approximate surface area is 123 Å². The molecule has 2 N–H and O–H groups in total. The van der Waals surface area contributed by atoms with Gasteiger partial charge in [0.25, 0.3) is 0 Å². The summed E-state index contributed by atoms with van der Waals surface area (Å²) in [4.78, 5) is 0. The van der Waals surface area contributed by atoms with Crippen LogP contribution in [0, 0.1) is 0 Å². The molecular formula is C16H18ClNO2. The van der Waals surface area contributed by atoms with E-state index < -0.39 is 0 Å². The van der Waals surface area contributed by atoms with E-state index in [1.54, 1.807) is 13.2 Å². The molecule has 0 spiro atoms. The zero-order valence-corrected chi connectivity index (χ0v) is 12.4. The third kappa shape index (κ3) is 1.88. The minimum Gasteiger partial charge on any atom is -0.507 e. The number of ether oxygens (including phenoxy) is 1. The summed E-state index contributed by atoms with van der Waals surface area (Å²) in [6.07, 6.45) is 0.908. The van der Waals surface area contributed by atoms with Crippen LogP contribution in [0.1, 0.15) is 24.8 Å². The van der Waals surface area contributed by atoms with Crippen molar-refractivity contribution in [3.05, 3.63) is 29.8 Å². The molecule has 1 aliphatic heterocycles. The van der Waals surface area contributed by atoms with Gasteiger partial charge in [0.2, 0.25) is 0 Å². The number of methoxy groups -OCH3 is 1. The first-order valence-corrected chi connectivity index (χ1v) is 7.31. The van der Waals surface area contributed by atoms with E-state index in [4.69, 9.17) is 16.3 Å². The molecule has 0 aromatic heterocycles. The number of halogens is 1. The Bertz CT molecular complexity index is 656. The highest BCUT2D eigenvalue weighted by Crippen LogP contribution is 2.47. The van der Waals surface area contributed by atoms with Crippen LogP contribution < -0.4 is 10.1 Å². The molecule has 106 valence electrons. The summed E-state index contributed by atoms with van der Waals surface area (Å²) < 4.78 is 5.49. The molecule has 1 heterocycles. The molecule has 0 amide bonds. The number of phenols is 1. The van der Waals surface area contributed by atoms with E-state index in [1.165, 1.54) is 0 Å². The summed E-state index contributed by atoms with van der Waals surface area (Å²) in [5.41, 5.74) is 2.13. The summed E-state index contributed by atoms with van der Waals surface area (Å²) in [5.74, 6) is 1.29. The van der Waals surface area contributed by atoms with Crippen molar-refractivity contribution in [3.8, 4) is 11.5 Å². The number of benzene rings is 2. The van der Waals surface area contributed by atoms with Crippen LogP contribution in [0.2, 0.25) is 0 Å². The molecule has 0 saturated carbocycles. The number of anilines is 1. The number of phenolic OH excluding ortho intramolecular Hbond substituents is 1. The second-order valence-corrected chi connectivity index (χ2v) is 5.71. The molecule has 0 fully saturated rings. The third-order valence-electron chi connectivity index (χ3n) is 4.07. The molecule has 2 aromatic rings. The fourth-order valence-corrected chi connectivity index (χ4v) is 3.28. The van der Waals surface area contributed by atoms with Crippen LogP contribution in [-0.2, 0) is 0 Å². The number of hydrogen-bond acceptors (Lipinski definition) is 3. The summed E-state index contributed by atoms with van der Waals surface area (Å²) >= 11 is 6.49. The average Bonchev–Trinajstić information content (AvgIpc) is 2.89. The van der Waals surface area contributed by atoms with E-state index in [0.29, 0.717) is 0 Å². The third-order valence-corrected chi connectivity index (χ3v) is 4.69. The Morgan fingerprint density at radius 2 is 2.30 bits per heavy atom. The van der Waals surface area contributed by atoms with Gasteiger partial charge in [0.1, 0.15) is 11.5 Å². The van der Waals surface area contributed by atoms with E-state index in [-0.39, 0.29) is 17.0 Å². The van der Waals surface area contributed by atoms with Crippen molar-refractivity contribution in [1.82, 2.24) is 0 Å². The Kier molecular flexibility index (Phi) is 3.38. The lowest BCUT2D eigenvalue weighted by atomic mass is 9.90. The van der Waals surface area contributed by atoms with Gasteiger partial charge < -0.3 is 15.2 Å². The maximum absolute atomic E-state index is 10.2. The summed E-state index contributed by atoms with van der Waals surface area (Å²) in [7, 11) is 1.65. The van der Waals surface area contributed by atoms with Gasteiger partial charge in [0.15, 0.2) is 0 Å². The van der Waals surface area contributed by atoms with Crippen molar-refractivity contribution in [2.75, 3.05) is 19.0 Å². The summed E-state index contributed by atoms with van der Waals surface area (Å²) in [5, 5.41) is 15.4. The fraction of sp³-hybridized carbons (Fsp3) is 0.375. The van der Waals surface area contributed by atoms with Gasteiger partial charge in [-0.3, -0.25) is 0 Å². The molecule has 0 saturated heterocycles. The Balaban J connectivity index is 2.33. The molecule has 2 aromatic carbocycles. The smallest absolute Gasteiger partial charge is 0.127 e. The Morgan fingerprint density at radius 1 is 1.50 bits per heavy atom. The van der Waals surface area contributed by atoms with Crippen LogP contribution in [0.3, 0.4) is 0 Å². The van der Waals surface area contributed by atoms with Crippen LogP contribution in [-0.4, -0.2) is 24.1 Å². The number of aromatic hydroxyl groups is 1. The highest BCUT2D eigenvalue weighted by atomic mass is 35.5. The standard InChI is InChI=1S/C16H18ClNO2/c1-3-11(17)10-8-18-12-7-13(19)9-5-4-6-14(20-2)16(9)15(10)12/h4-7,10-11,18-19H,3,8H2,1-2H3. The monoisotopic (exact) mass is 291 g/mol. The van der Waals surface area contributed by atoms with Gasteiger partial charge in [0, 0.05) is 40.4 Å². The molecule has 20 heavy (non-hydrogen) atoms. The van der Waals surface area contributed by atoms with Crippen molar-refractivity contribution in [2.45, 2.75) is 24.6 Å². The average molecular weight is 292 g/mol. The first kappa shape index (κ1) is 13.4. The van der Waals surface area contributed by atoms with Crippen LogP contribution in [0.25, 0.3) is 10.8 Å². The molecule has 4 heteroatoms. The number of fused-ring (bicyclic) bond motifs is 3. The van der Waals surface area contributed by atoms with Crippen molar-refractivity contribution in [2.24, 2.45) is 0 Å². The molecule has 3 rings (SSSR count). The van der Waals surface area contributed by atoms with Crippen molar-refractivity contribution >= 4 is 28.1 Å². The SMILES string of the molecule is CCC(Cl)C1CNc2cc(O)c3cccc(OC)c3c21. The number of alkyl halides is 1. The molecule has 0 bridgehead atoms. The summed E-state index contributed by atoms with van der Waals surface area (Å²) in [6, 6.07) is 7.52. The molecule has 0 aliphatic carbocycles. The van der Waals surface area contributed by atoms with E-state index in [0.717, 1.165) is 40.7 Å². The van der Waals surface area contributed by atoms with E-state index in [2.05, 4.69) is 12.2 Å². The fourth-order valence-electron chi connectivity index (χ4n) is 3.07. The largest absolute Gasteiger partial charge is 0.507 e. The zero-order chi connectivity index (χ0) is 14.3. The van der Waals surface area contributed by atoms with Gasteiger partial charge in [-0.15, -0.1) is 11.6 Å². The quantitative estimate of drug-likeness (QED) is 0.837. The lowest BCUT2D eigenvalue weighted by Crippen LogP contribution is -2.14. The van der Waals surface area contributed by atoms with Gasteiger partial charge in [-0.2, -0.15) is 0 Å². The van der Waals surface area contributed by atoms with Gasteiger partial charge in [-0.1, -0.05) is 19.1 Å². The topological polar surface area (TPSA) is 41.5 Å². The normalized spacial score (nSPS) is 18.6. The van der Waals surface area contributed by atoms with Gasteiger partial charge in [-0.05, 0) is 18.1 Å². The lowest BCUT2D eigenvalue weighted by Gasteiger charge is -2.19. The van der Waals surface area contributed by atoms with Gasteiger partial charge in [-0.25, -0.2) is 0 Å². The van der Waals surface area contributed by atoms with E-state index in [9.17, 15) is 5.11 Å². The number of hydrogen-bond donors (Lipinski definition) is 2. The van der Waals surface area contributed by atoms with Crippen molar-refractivity contribution in [1.29, 1.82) is 0 Å². The van der Waals surface area contributed by atoms with Crippen LogP contribution in [0.5, 0.6) is 11.5 Å². The molecule has 2 unspecified atom stereocenters. The van der Waals surface area contributed by atoms with Crippen LogP contribution >= 0.6 is 11.6 Å². The minimum absolute atomic E-state index is 0.0707. The predicted molar refractivity (Wildman–Crippen MR) is 83.3 cm³/mol. The zero-order valence-electron chi connectivity index (χ0n) is 11.6. The molecule has 3 nitrogen and oxygen atoms in total. The number of nitrogens with one attached hydrogen (secondary N) is 1. The Hall–Kier alpha value is -1.61. The van der Waals surface area contributed by atoms with Crippen molar-refractivity contribution < 1.29 is 9.84 Å². The van der Waals surface area contributed by atoms with Crippen LogP contribution in [0.4, 0.5) is 5.69 Å². The highest BCUT2D eigenvalue weighted by Gasteiger charge is 2.31. The van der Waals surface area contributed by atoms with Crippen molar-refractivity contribution in [3.63, 3.8) is 0 Å². The van der Waals surface area contributed by atoms with Crippen LogP contribution in [0.15, 0.2) is 24.3 Å². The number of rotatable bonds is 3. The maximum atomic E-state index is 10.2. The molecule has 0 radical (unpaired) electrons. The molecule has 1 aliphatic rings. The minimum atomic E-state index is 0.0707. The maximum Gasteiger partial charge on any atom is 0.127 e. The first-order chi connectivity index (χ1) is 9.67. The van der Waals surface area contributed by atoms with Gasteiger partial charge >= 0.3 is 0 Å². The lowest BCUT2D eigenvalue weighted by molar-refractivity contribution is 0.419. The predicted octanol–water partition coefficient (Wildman–Crippen LogP) is 4.08. The Morgan fingerprint density at radius 3 is 3.00 bits per heavy atom. The van der Waals surface area contributed by atoms with E-state index >= 15 is 0 Å². The second kappa shape index (κ2) is 5.06. The summed E-state index contributed by atoms with van der Waals surface area (Å²) in [6.45, 7) is 2.89. The molecular weight excluding hydrogens is 274 g/mol. The second-order valence-electron chi connectivity index (χ2n) is 5.15. The molecule has 2 atom stereocenters. The first-order valence-electron chi connectivity index (χ1n) is 6.87. The highest BCUT2D eigenvalue weighted by molar-refractivity contribution is 6.21. The van der Waals surface area contributed by atoms with Gasteiger partial charge in [0.05, 0.1) is 7.11 Å².